The van der Waals surface area contributed by atoms with E-state index in [0.717, 1.165) is 20.7 Å². The van der Waals surface area contributed by atoms with Gasteiger partial charge in [0, 0.05) is 9.37 Å². The van der Waals surface area contributed by atoms with Crippen molar-refractivity contribution in [2.75, 3.05) is 7.11 Å². The predicted octanol–water partition coefficient (Wildman–Crippen LogP) is 4.82. The van der Waals surface area contributed by atoms with Crippen LogP contribution >= 0.6 is 27.7 Å². The van der Waals surface area contributed by atoms with Gasteiger partial charge in [0.05, 0.1) is 18.4 Å². The van der Waals surface area contributed by atoms with Gasteiger partial charge in [0.2, 0.25) is 5.91 Å². The second-order valence-electron chi connectivity index (χ2n) is 5.22. The largest absolute Gasteiger partial charge is 0.497 e. The standard InChI is InChI=1S/C18H20BrNO2S/c1-12(14-5-4-6-15(19)11-14)20-18(21)13(2)23-17-9-7-16(22-3)8-10-17/h4-13H,1-3H3,(H,20,21). The molecule has 0 aliphatic carbocycles. The molecular formula is C18H20BrNO2S. The van der Waals surface area contributed by atoms with Gasteiger partial charge in [-0.25, -0.2) is 0 Å². The molecule has 2 rings (SSSR count). The van der Waals surface area contributed by atoms with Crippen molar-refractivity contribution in [1.29, 1.82) is 0 Å². The van der Waals surface area contributed by atoms with E-state index in [9.17, 15) is 4.79 Å². The van der Waals surface area contributed by atoms with E-state index in [1.807, 2.05) is 62.4 Å². The highest BCUT2D eigenvalue weighted by Crippen LogP contribution is 2.26. The molecule has 23 heavy (non-hydrogen) atoms. The lowest BCUT2D eigenvalue weighted by molar-refractivity contribution is -0.120. The number of halogens is 1. The first-order valence-electron chi connectivity index (χ1n) is 7.36. The number of nitrogens with one attached hydrogen (secondary N) is 1. The van der Waals surface area contributed by atoms with E-state index in [1.165, 1.54) is 11.8 Å². The van der Waals surface area contributed by atoms with E-state index < -0.39 is 0 Å². The molecule has 0 bridgehead atoms. The van der Waals surface area contributed by atoms with Gasteiger partial charge in [-0.05, 0) is 55.8 Å². The lowest BCUT2D eigenvalue weighted by Crippen LogP contribution is -2.33. The van der Waals surface area contributed by atoms with Crippen molar-refractivity contribution in [2.24, 2.45) is 0 Å². The van der Waals surface area contributed by atoms with Crippen LogP contribution in [0.1, 0.15) is 25.5 Å². The SMILES string of the molecule is COc1ccc(SC(C)C(=O)NC(C)c2cccc(Br)c2)cc1. The number of ether oxygens (including phenoxy) is 1. The topological polar surface area (TPSA) is 38.3 Å². The van der Waals surface area contributed by atoms with Crippen LogP contribution in [0.5, 0.6) is 5.75 Å². The molecule has 3 nitrogen and oxygen atoms in total. The minimum Gasteiger partial charge on any atom is -0.497 e. The van der Waals surface area contributed by atoms with Crippen LogP contribution in [0.3, 0.4) is 0 Å². The molecule has 5 heteroatoms. The second-order valence-corrected chi connectivity index (χ2v) is 7.55. The summed E-state index contributed by atoms with van der Waals surface area (Å²) >= 11 is 4.99. The molecule has 0 aliphatic rings. The maximum Gasteiger partial charge on any atom is 0.233 e. The predicted molar refractivity (Wildman–Crippen MR) is 99.0 cm³/mol. The van der Waals surface area contributed by atoms with Gasteiger partial charge in [-0.3, -0.25) is 4.79 Å². The second kappa shape index (κ2) is 8.41. The summed E-state index contributed by atoms with van der Waals surface area (Å²) in [5.74, 6) is 0.841. The Labute approximate surface area is 149 Å². The zero-order chi connectivity index (χ0) is 16.8. The van der Waals surface area contributed by atoms with Crippen LogP contribution < -0.4 is 10.1 Å². The zero-order valence-electron chi connectivity index (χ0n) is 13.4. The highest BCUT2D eigenvalue weighted by atomic mass is 79.9. The van der Waals surface area contributed by atoms with E-state index in [2.05, 4.69) is 21.2 Å². The maximum absolute atomic E-state index is 12.4. The fourth-order valence-electron chi connectivity index (χ4n) is 2.10. The summed E-state index contributed by atoms with van der Waals surface area (Å²) in [4.78, 5) is 13.4. The number of amides is 1. The van der Waals surface area contributed by atoms with Gasteiger partial charge < -0.3 is 10.1 Å². The van der Waals surface area contributed by atoms with Crippen molar-refractivity contribution >= 4 is 33.6 Å². The summed E-state index contributed by atoms with van der Waals surface area (Å²) < 4.78 is 6.15. The van der Waals surface area contributed by atoms with E-state index >= 15 is 0 Å². The van der Waals surface area contributed by atoms with Crippen LogP contribution in [0.2, 0.25) is 0 Å². The summed E-state index contributed by atoms with van der Waals surface area (Å²) in [6, 6.07) is 15.7. The Bertz CT molecular complexity index is 660. The van der Waals surface area contributed by atoms with Gasteiger partial charge in [-0.15, -0.1) is 11.8 Å². The van der Waals surface area contributed by atoms with Crippen LogP contribution in [0.25, 0.3) is 0 Å². The average molecular weight is 394 g/mol. The normalized spacial score (nSPS) is 13.2. The smallest absolute Gasteiger partial charge is 0.233 e. The number of hydrogen-bond donors (Lipinski definition) is 1. The lowest BCUT2D eigenvalue weighted by Gasteiger charge is -2.18. The van der Waals surface area contributed by atoms with E-state index in [0.29, 0.717) is 0 Å². The van der Waals surface area contributed by atoms with Crippen LogP contribution in [0.4, 0.5) is 0 Å². The highest BCUT2D eigenvalue weighted by Gasteiger charge is 2.17. The molecule has 2 unspecified atom stereocenters. The summed E-state index contributed by atoms with van der Waals surface area (Å²) in [5, 5.41) is 2.89. The molecule has 0 saturated carbocycles. The zero-order valence-corrected chi connectivity index (χ0v) is 15.8. The van der Waals surface area contributed by atoms with E-state index in [4.69, 9.17) is 4.74 Å². The Hall–Kier alpha value is -1.46. The summed E-state index contributed by atoms with van der Waals surface area (Å²) in [5.41, 5.74) is 1.08. The van der Waals surface area contributed by atoms with Crippen LogP contribution in [-0.4, -0.2) is 18.3 Å². The van der Waals surface area contributed by atoms with Gasteiger partial charge in [0.15, 0.2) is 0 Å². The highest BCUT2D eigenvalue weighted by molar-refractivity contribution is 9.10. The van der Waals surface area contributed by atoms with Gasteiger partial charge >= 0.3 is 0 Å². The third-order valence-electron chi connectivity index (χ3n) is 3.45. The van der Waals surface area contributed by atoms with Crippen molar-refractivity contribution < 1.29 is 9.53 Å². The molecule has 122 valence electrons. The van der Waals surface area contributed by atoms with Crippen molar-refractivity contribution in [3.05, 3.63) is 58.6 Å². The van der Waals surface area contributed by atoms with Crippen LogP contribution in [-0.2, 0) is 4.79 Å². The van der Waals surface area contributed by atoms with Crippen LogP contribution in [0, 0.1) is 0 Å². The third kappa shape index (κ3) is 5.29. The van der Waals surface area contributed by atoms with Gasteiger partial charge in [-0.2, -0.15) is 0 Å². The minimum atomic E-state index is -0.169. The first-order valence-corrected chi connectivity index (χ1v) is 9.03. The third-order valence-corrected chi connectivity index (χ3v) is 5.05. The number of hydrogen-bond acceptors (Lipinski definition) is 3. The number of carbonyl (C=O) groups is 1. The molecule has 2 atom stereocenters. The van der Waals surface area contributed by atoms with Gasteiger partial charge in [-0.1, -0.05) is 28.1 Å². The summed E-state index contributed by atoms with van der Waals surface area (Å²) in [7, 11) is 1.64. The molecule has 2 aromatic carbocycles. The minimum absolute atomic E-state index is 0.0262. The molecule has 2 aromatic rings. The molecule has 1 amide bonds. The maximum atomic E-state index is 12.4. The van der Waals surface area contributed by atoms with Gasteiger partial charge in [0.1, 0.15) is 5.75 Å². The molecule has 0 spiro atoms. The number of benzene rings is 2. The summed E-state index contributed by atoms with van der Waals surface area (Å²) in [6.07, 6.45) is 0. The molecule has 0 saturated heterocycles. The molecule has 1 N–H and O–H groups in total. The van der Waals surface area contributed by atoms with E-state index in [1.54, 1.807) is 7.11 Å². The lowest BCUT2D eigenvalue weighted by atomic mass is 10.1. The molecular weight excluding hydrogens is 374 g/mol. The van der Waals surface area contributed by atoms with Crippen molar-refractivity contribution in [3.8, 4) is 5.75 Å². The fourth-order valence-corrected chi connectivity index (χ4v) is 3.40. The van der Waals surface area contributed by atoms with Crippen LogP contribution in [0.15, 0.2) is 57.9 Å². The number of methoxy groups -OCH3 is 1. The molecule has 0 heterocycles. The van der Waals surface area contributed by atoms with Crippen molar-refractivity contribution in [3.63, 3.8) is 0 Å². The Kier molecular flexibility index (Phi) is 6.54. The monoisotopic (exact) mass is 393 g/mol. The fraction of sp³-hybridized carbons (Fsp3) is 0.278. The Morgan fingerprint density at radius 2 is 1.87 bits per heavy atom. The number of thioether (sulfide) groups is 1. The molecule has 0 radical (unpaired) electrons. The average Bonchev–Trinajstić information content (AvgIpc) is 2.55. The van der Waals surface area contributed by atoms with E-state index in [-0.39, 0.29) is 17.2 Å². The van der Waals surface area contributed by atoms with Crippen molar-refractivity contribution in [2.45, 2.75) is 30.0 Å². The number of carbonyl (C=O) groups excluding carboxylic acids is 1. The molecule has 0 aliphatic heterocycles. The first-order chi connectivity index (χ1) is 11.0. The quantitative estimate of drug-likeness (QED) is 0.715. The van der Waals surface area contributed by atoms with Gasteiger partial charge in [0.25, 0.3) is 0 Å². The molecule has 0 aromatic heterocycles. The first kappa shape index (κ1) is 17.9. The molecule has 0 fully saturated rings. The summed E-state index contributed by atoms with van der Waals surface area (Å²) in [6.45, 7) is 3.91. The number of rotatable bonds is 6. The Morgan fingerprint density at radius 1 is 1.17 bits per heavy atom. The Morgan fingerprint density at radius 3 is 2.48 bits per heavy atom. The Balaban J connectivity index is 1.93. The van der Waals surface area contributed by atoms with Crippen molar-refractivity contribution in [1.82, 2.24) is 5.32 Å².